The zero-order valence-electron chi connectivity index (χ0n) is 9.04. The third kappa shape index (κ3) is 2.32. The lowest BCUT2D eigenvalue weighted by Crippen LogP contribution is -2.37. The molecule has 1 aliphatic heterocycles. The largest absolute Gasteiger partial charge is 0.341 e. The molecule has 3 nitrogen and oxygen atoms in total. The molecule has 15 heavy (non-hydrogen) atoms. The van der Waals surface area contributed by atoms with Crippen molar-refractivity contribution in [3.05, 3.63) is 0 Å². The minimum atomic E-state index is 0.208. The van der Waals surface area contributed by atoms with Crippen LogP contribution in [0.15, 0.2) is 0 Å². The Balaban J connectivity index is 1.76. The van der Waals surface area contributed by atoms with Gasteiger partial charge in [-0.25, -0.2) is 0 Å². The molecule has 2 aliphatic rings. The highest BCUT2D eigenvalue weighted by Gasteiger charge is 2.37. The van der Waals surface area contributed by atoms with Gasteiger partial charge in [-0.3, -0.25) is 10.1 Å². The number of amides is 1. The molecule has 0 radical (unpaired) electrons. The third-order valence-corrected chi connectivity index (χ3v) is 3.58. The number of nitrogens with one attached hydrogen (secondary N) is 1. The number of rotatable bonds is 3. The zero-order chi connectivity index (χ0) is 10.7. The number of terminal acetylenes is 1. The van der Waals surface area contributed by atoms with Crippen molar-refractivity contribution in [3.8, 4) is 12.3 Å². The fraction of sp³-hybridized carbons (Fsp3) is 0.750. The van der Waals surface area contributed by atoms with E-state index in [1.165, 1.54) is 19.3 Å². The van der Waals surface area contributed by atoms with Crippen molar-refractivity contribution < 1.29 is 4.79 Å². The van der Waals surface area contributed by atoms with Crippen LogP contribution in [0.2, 0.25) is 0 Å². The summed E-state index contributed by atoms with van der Waals surface area (Å²) in [6, 6.07) is 0. The Kier molecular flexibility index (Phi) is 3.27. The van der Waals surface area contributed by atoms with Crippen LogP contribution in [-0.4, -0.2) is 37.0 Å². The molecule has 0 aromatic rings. The Morgan fingerprint density at radius 2 is 2.07 bits per heavy atom. The summed E-state index contributed by atoms with van der Waals surface area (Å²) in [6.07, 6.45) is 9.08. The third-order valence-electron chi connectivity index (χ3n) is 3.58. The number of carbonyl (C=O) groups excluding carboxylic acids is 1. The van der Waals surface area contributed by atoms with E-state index >= 15 is 0 Å². The molecule has 0 aromatic heterocycles. The molecule has 1 heterocycles. The summed E-state index contributed by atoms with van der Waals surface area (Å²) in [4.78, 5) is 13.7. The number of likely N-dealkylation sites (tertiary alicyclic amines) is 1. The standard InChI is InChI=1S/C12H18N2O/c1-2-6-13-7-12(15)14-8-10-4-3-5-11(10)9-14/h1,10-11,13H,3-9H2. The molecule has 1 aliphatic carbocycles. The van der Waals surface area contributed by atoms with Crippen LogP contribution in [0, 0.1) is 24.2 Å². The lowest BCUT2D eigenvalue weighted by atomic mass is 10.0. The van der Waals surface area contributed by atoms with Crippen molar-refractivity contribution in [2.45, 2.75) is 19.3 Å². The van der Waals surface area contributed by atoms with Crippen LogP contribution in [0.3, 0.4) is 0 Å². The number of fused-ring (bicyclic) bond motifs is 1. The molecule has 2 rings (SSSR count). The van der Waals surface area contributed by atoms with E-state index < -0.39 is 0 Å². The minimum absolute atomic E-state index is 0.208. The molecular formula is C12H18N2O. The second-order valence-electron chi connectivity index (χ2n) is 4.56. The smallest absolute Gasteiger partial charge is 0.236 e. The Labute approximate surface area is 91.2 Å². The van der Waals surface area contributed by atoms with Gasteiger partial charge in [0.15, 0.2) is 0 Å². The maximum Gasteiger partial charge on any atom is 0.236 e. The van der Waals surface area contributed by atoms with E-state index in [1.807, 2.05) is 4.90 Å². The van der Waals surface area contributed by atoms with Crippen molar-refractivity contribution >= 4 is 5.91 Å². The first-order valence-corrected chi connectivity index (χ1v) is 5.73. The lowest BCUT2D eigenvalue weighted by Gasteiger charge is -2.17. The Hall–Kier alpha value is -1.01. The first kappa shape index (κ1) is 10.5. The van der Waals surface area contributed by atoms with Crippen molar-refractivity contribution in [1.29, 1.82) is 0 Å². The SMILES string of the molecule is C#CCNCC(=O)N1CC2CCCC2C1. The van der Waals surface area contributed by atoms with Crippen LogP contribution in [0.1, 0.15) is 19.3 Å². The van der Waals surface area contributed by atoms with Crippen molar-refractivity contribution in [3.63, 3.8) is 0 Å². The summed E-state index contributed by atoms with van der Waals surface area (Å²) < 4.78 is 0. The van der Waals surface area contributed by atoms with Crippen LogP contribution >= 0.6 is 0 Å². The van der Waals surface area contributed by atoms with Crippen molar-refractivity contribution in [1.82, 2.24) is 10.2 Å². The zero-order valence-corrected chi connectivity index (χ0v) is 9.04. The van der Waals surface area contributed by atoms with Crippen LogP contribution in [-0.2, 0) is 4.79 Å². The summed E-state index contributed by atoms with van der Waals surface area (Å²) in [7, 11) is 0. The molecule has 0 bridgehead atoms. The highest BCUT2D eigenvalue weighted by molar-refractivity contribution is 5.78. The lowest BCUT2D eigenvalue weighted by molar-refractivity contribution is -0.129. The summed E-state index contributed by atoms with van der Waals surface area (Å²) in [5.41, 5.74) is 0. The Morgan fingerprint density at radius 1 is 1.40 bits per heavy atom. The second-order valence-corrected chi connectivity index (χ2v) is 4.56. The maximum absolute atomic E-state index is 11.7. The van der Waals surface area contributed by atoms with Crippen LogP contribution in [0.25, 0.3) is 0 Å². The predicted molar refractivity (Wildman–Crippen MR) is 59.1 cm³/mol. The van der Waals surface area contributed by atoms with Crippen molar-refractivity contribution in [2.24, 2.45) is 11.8 Å². The summed E-state index contributed by atoms with van der Waals surface area (Å²) in [5, 5.41) is 2.95. The molecule has 82 valence electrons. The molecule has 3 heteroatoms. The van der Waals surface area contributed by atoms with Crippen LogP contribution in [0.4, 0.5) is 0 Å². The van der Waals surface area contributed by atoms with Crippen molar-refractivity contribution in [2.75, 3.05) is 26.2 Å². The molecule has 2 unspecified atom stereocenters. The summed E-state index contributed by atoms with van der Waals surface area (Å²) in [6.45, 7) is 2.82. The summed E-state index contributed by atoms with van der Waals surface area (Å²) in [5.74, 6) is 4.24. The van der Waals surface area contributed by atoms with Gasteiger partial charge in [0, 0.05) is 13.1 Å². The van der Waals surface area contributed by atoms with Gasteiger partial charge < -0.3 is 4.90 Å². The second kappa shape index (κ2) is 4.67. The molecule has 0 aromatic carbocycles. The van der Waals surface area contributed by atoms with Gasteiger partial charge in [-0.1, -0.05) is 12.3 Å². The van der Waals surface area contributed by atoms with E-state index in [4.69, 9.17) is 6.42 Å². The summed E-state index contributed by atoms with van der Waals surface area (Å²) >= 11 is 0. The van der Waals surface area contributed by atoms with Crippen LogP contribution < -0.4 is 5.32 Å². The number of nitrogens with zero attached hydrogens (tertiary/aromatic N) is 1. The topological polar surface area (TPSA) is 32.3 Å². The van der Waals surface area contributed by atoms with Crippen LogP contribution in [0.5, 0.6) is 0 Å². The number of hydrogen-bond donors (Lipinski definition) is 1. The van der Waals surface area contributed by atoms with Gasteiger partial charge in [0.2, 0.25) is 5.91 Å². The molecule has 1 N–H and O–H groups in total. The molecular weight excluding hydrogens is 188 g/mol. The van der Waals surface area contributed by atoms with E-state index in [1.54, 1.807) is 0 Å². The van der Waals surface area contributed by atoms with Gasteiger partial charge in [-0.2, -0.15) is 0 Å². The van der Waals surface area contributed by atoms with E-state index in [2.05, 4.69) is 11.2 Å². The maximum atomic E-state index is 11.7. The molecule has 2 atom stereocenters. The van der Waals surface area contributed by atoms with Gasteiger partial charge in [0.05, 0.1) is 13.1 Å². The average molecular weight is 206 g/mol. The predicted octanol–water partition coefficient (Wildman–Crippen LogP) is 0.468. The molecule has 1 saturated heterocycles. The monoisotopic (exact) mass is 206 g/mol. The van der Waals surface area contributed by atoms with E-state index in [9.17, 15) is 4.79 Å². The van der Waals surface area contributed by atoms with Gasteiger partial charge in [-0.15, -0.1) is 6.42 Å². The first-order valence-electron chi connectivity index (χ1n) is 5.73. The Bertz CT molecular complexity index is 270. The Morgan fingerprint density at radius 3 is 2.67 bits per heavy atom. The van der Waals surface area contributed by atoms with Gasteiger partial charge in [0.25, 0.3) is 0 Å². The fourth-order valence-electron chi connectivity index (χ4n) is 2.79. The average Bonchev–Trinajstić information content (AvgIpc) is 2.76. The minimum Gasteiger partial charge on any atom is -0.341 e. The van der Waals surface area contributed by atoms with Gasteiger partial charge >= 0.3 is 0 Å². The van der Waals surface area contributed by atoms with E-state index in [0.29, 0.717) is 13.1 Å². The van der Waals surface area contributed by atoms with E-state index in [-0.39, 0.29) is 5.91 Å². The fourth-order valence-corrected chi connectivity index (χ4v) is 2.79. The molecule has 1 amide bonds. The molecule has 2 fully saturated rings. The molecule has 0 spiro atoms. The van der Waals surface area contributed by atoms with Gasteiger partial charge in [0.1, 0.15) is 0 Å². The quantitative estimate of drug-likeness (QED) is 0.538. The number of carbonyl (C=O) groups is 1. The highest BCUT2D eigenvalue weighted by Crippen LogP contribution is 2.37. The van der Waals surface area contributed by atoms with E-state index in [0.717, 1.165) is 24.9 Å². The van der Waals surface area contributed by atoms with Gasteiger partial charge in [-0.05, 0) is 24.7 Å². The molecule has 1 saturated carbocycles. The first-order chi connectivity index (χ1) is 7.31. The number of hydrogen-bond acceptors (Lipinski definition) is 2. The highest BCUT2D eigenvalue weighted by atomic mass is 16.2. The normalized spacial score (nSPS) is 28.9.